The summed E-state index contributed by atoms with van der Waals surface area (Å²) in [4.78, 5) is 26.7. The molecule has 1 aliphatic rings. The summed E-state index contributed by atoms with van der Waals surface area (Å²) in [7, 11) is 0. The number of amides is 1. The molecule has 3 aromatic rings. The molecule has 1 N–H and O–H groups in total. The fraction of sp³-hybridized carbons (Fsp3) is 0.400. The van der Waals surface area contributed by atoms with E-state index >= 15 is 0 Å². The molecule has 0 aromatic carbocycles. The average molecular weight is 418 g/mol. The second-order valence-corrected chi connectivity index (χ2v) is 7.37. The minimum Gasteiger partial charge on any atom is -0.356 e. The number of anilines is 1. The number of carbonyl (C=O) groups excluding carboxylic acids is 1. The van der Waals surface area contributed by atoms with Crippen LogP contribution in [-0.4, -0.2) is 44.4 Å². The van der Waals surface area contributed by atoms with Gasteiger partial charge in [0, 0.05) is 31.4 Å². The van der Waals surface area contributed by atoms with E-state index in [9.17, 15) is 18.0 Å². The standard InChI is InChI=1S/C20H21F3N6O/c1-12-18(29-8-4-3-5-16(29)24-12)19(30)27-14-6-9-28(10-7-14)17-11-15(20(21,22)23)25-13(2)26-17/h3-5,8,11,14H,6-7,9-10H2,1-2H3,(H,27,30). The van der Waals surface area contributed by atoms with E-state index in [1.807, 2.05) is 18.2 Å². The highest BCUT2D eigenvalue weighted by molar-refractivity contribution is 5.94. The molecule has 4 rings (SSSR count). The van der Waals surface area contributed by atoms with Gasteiger partial charge in [-0.05, 0) is 38.8 Å². The molecule has 1 amide bonds. The lowest BCUT2D eigenvalue weighted by Crippen LogP contribution is -2.45. The zero-order chi connectivity index (χ0) is 21.5. The van der Waals surface area contributed by atoms with Crippen LogP contribution in [0.4, 0.5) is 19.0 Å². The van der Waals surface area contributed by atoms with Crippen LogP contribution in [0.15, 0.2) is 30.5 Å². The Morgan fingerprint density at radius 2 is 1.87 bits per heavy atom. The third-order valence-corrected chi connectivity index (χ3v) is 5.19. The number of imidazole rings is 1. The number of aryl methyl sites for hydroxylation is 2. The van der Waals surface area contributed by atoms with Crippen molar-refractivity contribution in [3.05, 3.63) is 53.4 Å². The Kier molecular flexibility index (Phi) is 5.08. The Labute approximate surface area is 171 Å². The van der Waals surface area contributed by atoms with Gasteiger partial charge in [-0.25, -0.2) is 15.0 Å². The van der Waals surface area contributed by atoms with E-state index in [2.05, 4.69) is 20.3 Å². The first kappa shape index (κ1) is 20.1. The van der Waals surface area contributed by atoms with Crippen molar-refractivity contribution in [2.24, 2.45) is 0 Å². The lowest BCUT2D eigenvalue weighted by atomic mass is 10.0. The molecule has 0 bridgehead atoms. The zero-order valence-corrected chi connectivity index (χ0v) is 16.6. The van der Waals surface area contributed by atoms with Crippen LogP contribution in [0.1, 0.15) is 40.5 Å². The molecule has 4 heterocycles. The third-order valence-electron chi connectivity index (χ3n) is 5.19. The number of alkyl halides is 3. The molecule has 0 aliphatic carbocycles. The molecule has 7 nitrogen and oxygen atoms in total. The molecule has 3 aromatic heterocycles. The van der Waals surface area contributed by atoms with Gasteiger partial charge in [-0.1, -0.05) is 6.07 Å². The van der Waals surface area contributed by atoms with E-state index in [1.165, 1.54) is 6.92 Å². The Balaban J connectivity index is 1.43. The molecule has 0 unspecified atom stereocenters. The number of pyridine rings is 1. The Bertz CT molecular complexity index is 1090. The SMILES string of the molecule is Cc1nc(N2CCC(NC(=O)c3c(C)nc4ccccn34)CC2)cc(C(F)(F)F)n1. The maximum Gasteiger partial charge on any atom is 0.433 e. The predicted molar refractivity (Wildman–Crippen MR) is 104 cm³/mol. The zero-order valence-electron chi connectivity index (χ0n) is 16.6. The van der Waals surface area contributed by atoms with E-state index in [1.54, 1.807) is 22.4 Å². The molecule has 1 aliphatic heterocycles. The van der Waals surface area contributed by atoms with E-state index in [0.717, 1.165) is 6.07 Å². The number of rotatable bonds is 3. The van der Waals surface area contributed by atoms with Gasteiger partial charge in [0.05, 0.1) is 5.69 Å². The summed E-state index contributed by atoms with van der Waals surface area (Å²) in [5, 5.41) is 3.03. The minimum absolute atomic E-state index is 0.0765. The molecule has 10 heteroatoms. The number of halogens is 3. The summed E-state index contributed by atoms with van der Waals surface area (Å²) in [5.41, 5.74) is 0.902. The highest BCUT2D eigenvalue weighted by Crippen LogP contribution is 2.30. The van der Waals surface area contributed by atoms with Gasteiger partial charge < -0.3 is 10.2 Å². The topological polar surface area (TPSA) is 75.4 Å². The van der Waals surface area contributed by atoms with Crippen molar-refractivity contribution in [3.8, 4) is 0 Å². The maximum absolute atomic E-state index is 13.0. The van der Waals surface area contributed by atoms with Crippen molar-refractivity contribution >= 4 is 17.4 Å². The fourth-order valence-electron chi connectivity index (χ4n) is 3.75. The largest absolute Gasteiger partial charge is 0.433 e. The van der Waals surface area contributed by atoms with Gasteiger partial charge in [-0.15, -0.1) is 0 Å². The van der Waals surface area contributed by atoms with E-state index in [-0.39, 0.29) is 23.6 Å². The Morgan fingerprint density at radius 3 is 2.57 bits per heavy atom. The first-order valence-electron chi connectivity index (χ1n) is 9.65. The number of hydrogen-bond acceptors (Lipinski definition) is 5. The molecule has 0 atom stereocenters. The van der Waals surface area contributed by atoms with Crippen LogP contribution in [0.5, 0.6) is 0 Å². The molecule has 0 radical (unpaired) electrons. The number of carbonyl (C=O) groups is 1. The van der Waals surface area contributed by atoms with Crippen molar-refractivity contribution < 1.29 is 18.0 Å². The van der Waals surface area contributed by atoms with Crippen LogP contribution in [0, 0.1) is 13.8 Å². The number of nitrogens with zero attached hydrogens (tertiary/aromatic N) is 5. The van der Waals surface area contributed by atoms with Crippen LogP contribution in [0.3, 0.4) is 0 Å². The van der Waals surface area contributed by atoms with Crippen LogP contribution in [-0.2, 0) is 6.18 Å². The van der Waals surface area contributed by atoms with Crippen molar-refractivity contribution in [3.63, 3.8) is 0 Å². The van der Waals surface area contributed by atoms with Gasteiger partial charge in [0.25, 0.3) is 5.91 Å². The summed E-state index contributed by atoms with van der Waals surface area (Å²) in [6.45, 7) is 4.22. The van der Waals surface area contributed by atoms with Crippen molar-refractivity contribution in [2.45, 2.75) is 38.9 Å². The number of piperidine rings is 1. The third kappa shape index (κ3) is 3.94. The first-order valence-corrected chi connectivity index (χ1v) is 9.65. The van der Waals surface area contributed by atoms with Crippen molar-refractivity contribution in [1.82, 2.24) is 24.7 Å². The van der Waals surface area contributed by atoms with E-state index in [0.29, 0.717) is 43.0 Å². The quantitative estimate of drug-likeness (QED) is 0.707. The van der Waals surface area contributed by atoms with Gasteiger partial charge in [0.15, 0.2) is 0 Å². The lowest BCUT2D eigenvalue weighted by Gasteiger charge is -2.33. The number of nitrogens with one attached hydrogen (secondary N) is 1. The Hall–Kier alpha value is -3.17. The number of hydrogen-bond donors (Lipinski definition) is 1. The summed E-state index contributed by atoms with van der Waals surface area (Å²) in [6, 6.07) is 6.43. The average Bonchev–Trinajstić information content (AvgIpc) is 3.03. The van der Waals surface area contributed by atoms with Crippen molar-refractivity contribution in [1.29, 1.82) is 0 Å². The van der Waals surface area contributed by atoms with Crippen LogP contribution in [0.2, 0.25) is 0 Å². The molecule has 30 heavy (non-hydrogen) atoms. The molecule has 0 saturated carbocycles. The summed E-state index contributed by atoms with van der Waals surface area (Å²) in [5.74, 6) is 0.137. The molecular formula is C20H21F3N6O. The summed E-state index contributed by atoms with van der Waals surface area (Å²) < 4.78 is 40.9. The lowest BCUT2D eigenvalue weighted by molar-refractivity contribution is -0.141. The van der Waals surface area contributed by atoms with Gasteiger partial charge in [0.1, 0.15) is 28.7 Å². The summed E-state index contributed by atoms with van der Waals surface area (Å²) in [6.07, 6.45) is -1.51. The monoisotopic (exact) mass is 418 g/mol. The second kappa shape index (κ2) is 7.58. The van der Waals surface area contributed by atoms with Crippen LogP contribution >= 0.6 is 0 Å². The molecule has 1 fully saturated rings. The molecule has 158 valence electrons. The second-order valence-electron chi connectivity index (χ2n) is 7.37. The summed E-state index contributed by atoms with van der Waals surface area (Å²) >= 11 is 0. The molecular weight excluding hydrogens is 397 g/mol. The highest BCUT2D eigenvalue weighted by atomic mass is 19.4. The highest BCUT2D eigenvalue weighted by Gasteiger charge is 2.34. The molecule has 0 spiro atoms. The van der Waals surface area contributed by atoms with Crippen LogP contribution in [0.25, 0.3) is 5.65 Å². The first-order chi connectivity index (χ1) is 14.2. The minimum atomic E-state index is -4.51. The van der Waals surface area contributed by atoms with Gasteiger partial charge in [-0.3, -0.25) is 9.20 Å². The molecule has 1 saturated heterocycles. The fourth-order valence-corrected chi connectivity index (χ4v) is 3.75. The smallest absolute Gasteiger partial charge is 0.356 e. The maximum atomic E-state index is 13.0. The Morgan fingerprint density at radius 1 is 1.13 bits per heavy atom. The number of fused-ring (bicyclic) bond motifs is 1. The van der Waals surface area contributed by atoms with Crippen LogP contribution < -0.4 is 10.2 Å². The van der Waals surface area contributed by atoms with Crippen molar-refractivity contribution in [2.75, 3.05) is 18.0 Å². The van der Waals surface area contributed by atoms with Gasteiger partial charge >= 0.3 is 6.18 Å². The van der Waals surface area contributed by atoms with E-state index in [4.69, 9.17) is 0 Å². The van der Waals surface area contributed by atoms with E-state index < -0.39 is 11.9 Å². The number of aromatic nitrogens is 4. The predicted octanol–water partition coefficient (Wildman–Crippen LogP) is 3.16. The normalized spacial score (nSPS) is 15.6. The van der Waals surface area contributed by atoms with Gasteiger partial charge in [0.2, 0.25) is 0 Å². The van der Waals surface area contributed by atoms with Gasteiger partial charge in [-0.2, -0.15) is 13.2 Å².